The van der Waals surface area contributed by atoms with Gasteiger partial charge >= 0.3 is 0 Å². The van der Waals surface area contributed by atoms with E-state index in [1.807, 2.05) is 0 Å². The van der Waals surface area contributed by atoms with Gasteiger partial charge in [-0.3, -0.25) is 0 Å². The summed E-state index contributed by atoms with van der Waals surface area (Å²) in [6.45, 7) is 1.06. The van der Waals surface area contributed by atoms with Gasteiger partial charge in [0.05, 0.1) is 4.32 Å². The topological polar surface area (TPSA) is 3.24 Å². The lowest BCUT2D eigenvalue weighted by atomic mass is 9.84. The van der Waals surface area contributed by atoms with Crippen LogP contribution in [0.1, 0.15) is 28.7 Å². The molecular weight excluding hydrogens is 414 g/mol. The second kappa shape index (κ2) is 7.08. The van der Waals surface area contributed by atoms with Gasteiger partial charge < -0.3 is 4.90 Å². The second-order valence-corrected chi connectivity index (χ2v) is 8.94. The standard InChI is InChI=1S/C20H23Br2N/c1-23(2)14-13-19(21)20(22)17-9-5-3-7-15(17)11-12-16-8-4-6-10-18(16)20/h3-10,19H,11-14H2,1-2H3. The van der Waals surface area contributed by atoms with Crippen molar-refractivity contribution < 1.29 is 0 Å². The Balaban J connectivity index is 2.12. The van der Waals surface area contributed by atoms with Crippen molar-refractivity contribution in [1.82, 2.24) is 4.90 Å². The lowest BCUT2D eigenvalue weighted by molar-refractivity contribution is 0.391. The molecule has 3 rings (SSSR count). The lowest BCUT2D eigenvalue weighted by Crippen LogP contribution is -2.34. The highest BCUT2D eigenvalue weighted by Gasteiger charge is 2.42. The maximum atomic E-state index is 4.19. The highest BCUT2D eigenvalue weighted by molar-refractivity contribution is 9.12. The van der Waals surface area contributed by atoms with Crippen LogP contribution < -0.4 is 0 Å². The first-order valence-corrected chi connectivity index (χ1v) is 9.89. The third-order valence-electron chi connectivity index (χ3n) is 4.74. The van der Waals surface area contributed by atoms with E-state index < -0.39 is 0 Å². The fourth-order valence-electron chi connectivity index (χ4n) is 3.51. The number of benzene rings is 2. The van der Waals surface area contributed by atoms with Crippen molar-refractivity contribution in [3.63, 3.8) is 0 Å². The Kier molecular flexibility index (Phi) is 5.29. The highest BCUT2D eigenvalue weighted by Crippen LogP contribution is 2.50. The fourth-order valence-corrected chi connectivity index (χ4v) is 5.21. The molecule has 3 heteroatoms. The Morgan fingerprint density at radius 1 is 0.957 bits per heavy atom. The Labute approximate surface area is 156 Å². The van der Waals surface area contributed by atoms with Gasteiger partial charge in [0.15, 0.2) is 0 Å². The first-order chi connectivity index (χ1) is 11.0. The van der Waals surface area contributed by atoms with E-state index in [0.717, 1.165) is 25.8 Å². The summed E-state index contributed by atoms with van der Waals surface area (Å²) in [5.41, 5.74) is 5.72. The molecule has 2 aromatic rings. The maximum absolute atomic E-state index is 4.19. The third kappa shape index (κ3) is 3.29. The monoisotopic (exact) mass is 435 g/mol. The minimum atomic E-state index is -0.174. The van der Waals surface area contributed by atoms with Crippen LogP contribution in [0.5, 0.6) is 0 Å². The Morgan fingerprint density at radius 3 is 1.91 bits per heavy atom. The van der Waals surface area contributed by atoms with Crippen LogP contribution in [0.2, 0.25) is 0 Å². The van der Waals surface area contributed by atoms with Crippen molar-refractivity contribution in [1.29, 1.82) is 0 Å². The summed E-state index contributed by atoms with van der Waals surface area (Å²) in [6.07, 6.45) is 3.29. The van der Waals surface area contributed by atoms with Gasteiger partial charge in [0, 0.05) is 4.83 Å². The highest BCUT2D eigenvalue weighted by atomic mass is 79.9. The lowest BCUT2D eigenvalue weighted by Gasteiger charge is -2.35. The van der Waals surface area contributed by atoms with Crippen molar-refractivity contribution in [2.45, 2.75) is 28.4 Å². The molecule has 0 aromatic heterocycles. The molecule has 1 unspecified atom stereocenters. The number of nitrogens with zero attached hydrogens (tertiary/aromatic N) is 1. The average Bonchev–Trinajstić information content (AvgIpc) is 2.69. The molecule has 1 aliphatic rings. The summed E-state index contributed by atoms with van der Waals surface area (Å²) >= 11 is 8.22. The first kappa shape index (κ1) is 17.2. The van der Waals surface area contributed by atoms with Gasteiger partial charge in [-0.2, -0.15) is 0 Å². The van der Waals surface area contributed by atoms with E-state index in [9.17, 15) is 0 Å². The van der Waals surface area contributed by atoms with Gasteiger partial charge in [-0.25, -0.2) is 0 Å². The van der Waals surface area contributed by atoms with Crippen molar-refractivity contribution in [2.24, 2.45) is 0 Å². The molecule has 0 spiro atoms. The van der Waals surface area contributed by atoms with Gasteiger partial charge in [0.1, 0.15) is 0 Å². The summed E-state index contributed by atoms with van der Waals surface area (Å²) in [4.78, 5) is 2.58. The maximum Gasteiger partial charge on any atom is 0.0885 e. The summed E-state index contributed by atoms with van der Waals surface area (Å²) in [5.74, 6) is 0. The Morgan fingerprint density at radius 2 is 1.43 bits per heavy atom. The van der Waals surface area contributed by atoms with Gasteiger partial charge in [-0.1, -0.05) is 80.4 Å². The number of aryl methyl sites for hydroxylation is 2. The fraction of sp³-hybridized carbons (Fsp3) is 0.400. The average molecular weight is 437 g/mol. The van der Waals surface area contributed by atoms with Crippen LogP contribution in [0.4, 0.5) is 0 Å². The van der Waals surface area contributed by atoms with Crippen molar-refractivity contribution in [2.75, 3.05) is 20.6 Å². The summed E-state index contributed by atoms with van der Waals surface area (Å²) in [6, 6.07) is 17.8. The zero-order valence-electron chi connectivity index (χ0n) is 13.7. The smallest absolute Gasteiger partial charge is 0.0885 e. The van der Waals surface area contributed by atoms with Crippen LogP contribution >= 0.6 is 31.9 Å². The molecule has 0 aliphatic heterocycles. The van der Waals surface area contributed by atoms with Crippen LogP contribution in [-0.2, 0) is 17.2 Å². The predicted octanol–water partition coefficient (Wildman–Crippen LogP) is 5.14. The van der Waals surface area contributed by atoms with Gasteiger partial charge in [0.2, 0.25) is 0 Å². The van der Waals surface area contributed by atoms with E-state index in [2.05, 4.69) is 99.4 Å². The second-order valence-electron chi connectivity index (χ2n) is 6.59. The molecule has 0 radical (unpaired) electrons. The number of alkyl halides is 2. The van der Waals surface area contributed by atoms with Crippen LogP contribution in [0.15, 0.2) is 48.5 Å². The number of hydrogen-bond donors (Lipinski definition) is 0. The molecule has 0 fully saturated rings. The number of fused-ring (bicyclic) bond motifs is 2. The predicted molar refractivity (Wildman–Crippen MR) is 106 cm³/mol. The quantitative estimate of drug-likeness (QED) is 0.599. The zero-order valence-corrected chi connectivity index (χ0v) is 16.9. The molecule has 1 nitrogen and oxygen atoms in total. The molecule has 23 heavy (non-hydrogen) atoms. The van der Waals surface area contributed by atoms with Gasteiger partial charge in [0.25, 0.3) is 0 Å². The van der Waals surface area contributed by atoms with Crippen LogP contribution in [0, 0.1) is 0 Å². The normalized spacial score (nSPS) is 17.3. The molecule has 0 saturated carbocycles. The molecular formula is C20H23Br2N. The van der Waals surface area contributed by atoms with E-state index in [-0.39, 0.29) is 4.32 Å². The van der Waals surface area contributed by atoms with E-state index in [0.29, 0.717) is 4.83 Å². The van der Waals surface area contributed by atoms with Crippen molar-refractivity contribution in [3.8, 4) is 0 Å². The molecule has 0 amide bonds. The molecule has 1 aliphatic carbocycles. The van der Waals surface area contributed by atoms with E-state index >= 15 is 0 Å². The van der Waals surface area contributed by atoms with E-state index in [4.69, 9.17) is 0 Å². The third-order valence-corrected chi connectivity index (χ3v) is 7.91. The molecule has 0 heterocycles. The Bertz CT molecular complexity index is 633. The summed E-state index contributed by atoms with van der Waals surface area (Å²) in [5, 5.41) is 0. The molecule has 2 aromatic carbocycles. The molecule has 1 atom stereocenters. The Hall–Kier alpha value is -0.640. The van der Waals surface area contributed by atoms with Crippen LogP contribution in [0.3, 0.4) is 0 Å². The van der Waals surface area contributed by atoms with Crippen LogP contribution in [0.25, 0.3) is 0 Å². The van der Waals surface area contributed by atoms with E-state index in [1.165, 1.54) is 22.3 Å². The summed E-state index contributed by atoms with van der Waals surface area (Å²) in [7, 11) is 4.27. The largest absolute Gasteiger partial charge is 0.309 e. The minimum absolute atomic E-state index is 0.174. The van der Waals surface area contributed by atoms with Gasteiger partial charge in [-0.15, -0.1) is 0 Å². The van der Waals surface area contributed by atoms with Crippen LogP contribution in [-0.4, -0.2) is 30.4 Å². The zero-order chi connectivity index (χ0) is 16.4. The van der Waals surface area contributed by atoms with Crippen molar-refractivity contribution >= 4 is 31.9 Å². The SMILES string of the molecule is CN(C)CCC(Br)C1(Br)c2ccccc2CCc2ccccc21. The minimum Gasteiger partial charge on any atom is -0.309 e. The van der Waals surface area contributed by atoms with Gasteiger partial charge in [-0.05, 0) is 62.2 Å². The van der Waals surface area contributed by atoms with Crippen molar-refractivity contribution in [3.05, 3.63) is 70.8 Å². The number of hydrogen-bond acceptors (Lipinski definition) is 1. The molecule has 122 valence electrons. The first-order valence-electron chi connectivity index (χ1n) is 8.18. The molecule has 0 bridgehead atoms. The number of rotatable bonds is 4. The number of halogens is 2. The molecule has 0 N–H and O–H groups in total. The molecule has 0 saturated heterocycles. The summed E-state index contributed by atoms with van der Waals surface area (Å²) < 4.78 is -0.174. The van der Waals surface area contributed by atoms with E-state index in [1.54, 1.807) is 0 Å².